The highest BCUT2D eigenvalue weighted by Crippen LogP contribution is 2.16. The molecule has 0 saturated heterocycles. The Kier molecular flexibility index (Phi) is 6.17. The first-order chi connectivity index (χ1) is 11.1. The minimum Gasteiger partial charge on any atom is -0.491 e. The molecule has 0 aliphatic carbocycles. The molecule has 23 heavy (non-hydrogen) atoms. The van der Waals surface area contributed by atoms with Gasteiger partial charge in [-0.05, 0) is 30.7 Å². The smallest absolute Gasteiger partial charge is 0.221 e. The van der Waals surface area contributed by atoms with Crippen molar-refractivity contribution < 1.29 is 14.6 Å². The van der Waals surface area contributed by atoms with Gasteiger partial charge in [0.1, 0.15) is 24.3 Å². The van der Waals surface area contributed by atoms with E-state index in [4.69, 9.17) is 4.74 Å². The first kappa shape index (κ1) is 17.0. The normalized spacial score (nSPS) is 12.0. The van der Waals surface area contributed by atoms with Crippen molar-refractivity contribution in [2.24, 2.45) is 0 Å². The molecular formula is C17H23N3O3. The van der Waals surface area contributed by atoms with Gasteiger partial charge in [-0.15, -0.1) is 0 Å². The summed E-state index contributed by atoms with van der Waals surface area (Å²) in [6.07, 6.45) is 4.92. The first-order valence-electron chi connectivity index (χ1n) is 7.77. The summed E-state index contributed by atoms with van der Waals surface area (Å²) in [5, 5.41) is 12.8. The van der Waals surface area contributed by atoms with Crippen LogP contribution < -0.4 is 10.1 Å². The Labute approximate surface area is 136 Å². The summed E-state index contributed by atoms with van der Waals surface area (Å²) in [5.74, 6) is 1.51. The molecule has 0 saturated carbocycles. The van der Waals surface area contributed by atoms with E-state index in [-0.39, 0.29) is 12.5 Å². The zero-order chi connectivity index (χ0) is 16.7. The van der Waals surface area contributed by atoms with E-state index in [1.807, 2.05) is 10.8 Å². The van der Waals surface area contributed by atoms with Crippen LogP contribution >= 0.6 is 0 Å². The highest BCUT2D eigenvalue weighted by Gasteiger charge is 2.09. The van der Waals surface area contributed by atoms with E-state index in [0.29, 0.717) is 18.0 Å². The fourth-order valence-electron chi connectivity index (χ4n) is 2.27. The van der Waals surface area contributed by atoms with Crippen molar-refractivity contribution in [3.63, 3.8) is 0 Å². The van der Waals surface area contributed by atoms with Gasteiger partial charge in [-0.3, -0.25) is 4.79 Å². The Bertz CT molecular complexity index is 622. The topological polar surface area (TPSA) is 76.4 Å². The number of hydrogen-bond acceptors (Lipinski definition) is 4. The summed E-state index contributed by atoms with van der Waals surface area (Å²) >= 11 is 0. The Hall–Kier alpha value is -2.34. The molecule has 2 rings (SSSR count). The average Bonchev–Trinajstić information content (AvgIpc) is 2.93. The molecule has 1 unspecified atom stereocenters. The van der Waals surface area contributed by atoms with Gasteiger partial charge in [0.05, 0.1) is 6.54 Å². The number of nitrogens with one attached hydrogen (secondary N) is 1. The van der Waals surface area contributed by atoms with Crippen molar-refractivity contribution in [2.45, 2.75) is 39.3 Å². The number of anilines is 1. The number of rotatable bonds is 8. The van der Waals surface area contributed by atoms with Crippen LogP contribution in [0.3, 0.4) is 0 Å². The van der Waals surface area contributed by atoms with E-state index in [2.05, 4.69) is 17.2 Å². The zero-order valence-electron chi connectivity index (χ0n) is 13.5. The number of aryl methyl sites for hydroxylation is 1. The van der Waals surface area contributed by atoms with Gasteiger partial charge in [-0.2, -0.15) is 0 Å². The summed E-state index contributed by atoms with van der Waals surface area (Å²) in [7, 11) is 0. The predicted molar refractivity (Wildman–Crippen MR) is 88.5 cm³/mol. The number of carbonyl (C=O) groups is 1. The molecule has 124 valence electrons. The number of ether oxygens (including phenoxy) is 1. The Morgan fingerprint density at radius 3 is 2.78 bits per heavy atom. The molecule has 0 bridgehead atoms. The van der Waals surface area contributed by atoms with Crippen molar-refractivity contribution in [3.8, 4) is 5.75 Å². The SMILES string of the molecule is CCCc1nccn1CC(O)COc1ccc(NC(C)=O)cc1. The third kappa shape index (κ3) is 5.41. The molecule has 1 aromatic heterocycles. The Balaban J connectivity index is 1.82. The molecule has 6 heteroatoms. The first-order valence-corrected chi connectivity index (χ1v) is 7.77. The Morgan fingerprint density at radius 2 is 2.13 bits per heavy atom. The van der Waals surface area contributed by atoms with Gasteiger partial charge < -0.3 is 19.7 Å². The lowest BCUT2D eigenvalue weighted by molar-refractivity contribution is -0.114. The molecule has 0 radical (unpaired) electrons. The monoisotopic (exact) mass is 317 g/mol. The van der Waals surface area contributed by atoms with Gasteiger partial charge in [-0.25, -0.2) is 4.98 Å². The Morgan fingerprint density at radius 1 is 1.39 bits per heavy atom. The average molecular weight is 317 g/mol. The molecule has 1 aromatic carbocycles. The lowest BCUT2D eigenvalue weighted by Gasteiger charge is -2.15. The van der Waals surface area contributed by atoms with Crippen LogP contribution in [0.5, 0.6) is 5.75 Å². The van der Waals surface area contributed by atoms with Crippen LogP contribution in [0, 0.1) is 0 Å². The number of benzene rings is 1. The number of nitrogens with zero attached hydrogens (tertiary/aromatic N) is 2. The van der Waals surface area contributed by atoms with E-state index in [1.54, 1.807) is 30.5 Å². The van der Waals surface area contributed by atoms with Gasteiger partial charge in [0.15, 0.2) is 0 Å². The minimum atomic E-state index is -0.616. The van der Waals surface area contributed by atoms with Crippen LogP contribution in [0.4, 0.5) is 5.69 Å². The van der Waals surface area contributed by atoms with Gasteiger partial charge >= 0.3 is 0 Å². The number of carbonyl (C=O) groups excluding carboxylic acids is 1. The van der Waals surface area contributed by atoms with Crippen LogP contribution in [0.2, 0.25) is 0 Å². The molecule has 0 spiro atoms. The number of amides is 1. The van der Waals surface area contributed by atoms with Crippen LogP contribution in [0.1, 0.15) is 26.1 Å². The summed E-state index contributed by atoms with van der Waals surface area (Å²) < 4.78 is 7.54. The zero-order valence-corrected chi connectivity index (χ0v) is 13.5. The second-order valence-electron chi connectivity index (χ2n) is 5.42. The van der Waals surface area contributed by atoms with Crippen molar-refractivity contribution in [1.82, 2.24) is 9.55 Å². The maximum atomic E-state index is 11.0. The van der Waals surface area contributed by atoms with E-state index in [1.165, 1.54) is 6.92 Å². The molecule has 2 N–H and O–H groups in total. The third-order valence-corrected chi connectivity index (χ3v) is 3.30. The van der Waals surface area contributed by atoms with Gasteiger partial charge in [0, 0.05) is 31.4 Å². The summed E-state index contributed by atoms with van der Waals surface area (Å²) in [6, 6.07) is 7.05. The van der Waals surface area contributed by atoms with Crippen molar-refractivity contribution in [1.29, 1.82) is 0 Å². The molecule has 6 nitrogen and oxygen atoms in total. The standard InChI is InChI=1S/C17H23N3O3/c1-3-4-17-18-9-10-20(17)11-15(22)12-23-16-7-5-14(6-8-16)19-13(2)21/h5-10,15,22H,3-4,11-12H2,1-2H3,(H,19,21). The van der Waals surface area contributed by atoms with Gasteiger partial charge in [-0.1, -0.05) is 6.92 Å². The van der Waals surface area contributed by atoms with Crippen LogP contribution in [-0.4, -0.2) is 33.3 Å². The molecule has 0 fully saturated rings. The van der Waals surface area contributed by atoms with Crippen LogP contribution in [0.25, 0.3) is 0 Å². The summed E-state index contributed by atoms with van der Waals surface area (Å²) in [5.41, 5.74) is 0.716. The molecule has 1 heterocycles. The van der Waals surface area contributed by atoms with E-state index < -0.39 is 6.10 Å². The number of aromatic nitrogens is 2. The lowest BCUT2D eigenvalue weighted by atomic mass is 10.3. The van der Waals surface area contributed by atoms with Gasteiger partial charge in [0.2, 0.25) is 5.91 Å². The summed E-state index contributed by atoms with van der Waals surface area (Å²) in [6.45, 7) is 4.22. The van der Waals surface area contributed by atoms with Crippen molar-refractivity contribution >= 4 is 11.6 Å². The fraction of sp³-hybridized carbons (Fsp3) is 0.412. The van der Waals surface area contributed by atoms with E-state index in [9.17, 15) is 9.90 Å². The van der Waals surface area contributed by atoms with Crippen molar-refractivity contribution in [2.75, 3.05) is 11.9 Å². The second kappa shape index (κ2) is 8.33. The van der Waals surface area contributed by atoms with Crippen LogP contribution in [0.15, 0.2) is 36.7 Å². The minimum absolute atomic E-state index is 0.114. The highest BCUT2D eigenvalue weighted by molar-refractivity contribution is 5.88. The second-order valence-corrected chi connectivity index (χ2v) is 5.42. The molecule has 2 aromatic rings. The highest BCUT2D eigenvalue weighted by atomic mass is 16.5. The molecule has 0 aliphatic heterocycles. The van der Waals surface area contributed by atoms with E-state index >= 15 is 0 Å². The fourth-order valence-corrected chi connectivity index (χ4v) is 2.27. The maximum absolute atomic E-state index is 11.0. The quantitative estimate of drug-likeness (QED) is 0.783. The predicted octanol–water partition coefficient (Wildman–Crippen LogP) is 2.23. The molecule has 1 atom stereocenters. The number of aliphatic hydroxyl groups excluding tert-OH is 1. The third-order valence-electron chi connectivity index (χ3n) is 3.30. The van der Waals surface area contributed by atoms with Gasteiger partial charge in [0.25, 0.3) is 0 Å². The van der Waals surface area contributed by atoms with E-state index in [0.717, 1.165) is 18.7 Å². The largest absolute Gasteiger partial charge is 0.491 e. The maximum Gasteiger partial charge on any atom is 0.221 e. The number of imidazole rings is 1. The summed E-state index contributed by atoms with van der Waals surface area (Å²) in [4.78, 5) is 15.2. The molecule has 1 amide bonds. The number of aliphatic hydroxyl groups is 1. The van der Waals surface area contributed by atoms with Crippen molar-refractivity contribution in [3.05, 3.63) is 42.5 Å². The lowest BCUT2D eigenvalue weighted by Crippen LogP contribution is -2.24. The number of hydrogen-bond donors (Lipinski definition) is 2. The molecular weight excluding hydrogens is 294 g/mol. The van der Waals surface area contributed by atoms with Crippen LogP contribution in [-0.2, 0) is 17.8 Å². The molecule has 0 aliphatic rings.